The number of aromatic nitrogens is 1. The number of hydrogen-bond donors (Lipinski definition) is 1. The molecule has 1 aromatic carbocycles. The molecule has 0 saturated carbocycles. The van der Waals surface area contributed by atoms with Crippen molar-refractivity contribution in [3.05, 3.63) is 52.1 Å². The van der Waals surface area contributed by atoms with Gasteiger partial charge in [-0.25, -0.2) is 4.98 Å². The van der Waals surface area contributed by atoms with Crippen molar-refractivity contribution in [1.29, 1.82) is 0 Å². The summed E-state index contributed by atoms with van der Waals surface area (Å²) in [5, 5.41) is 3.27. The summed E-state index contributed by atoms with van der Waals surface area (Å²) in [6.45, 7) is 5.41. The predicted octanol–water partition coefficient (Wildman–Crippen LogP) is 3.28. The van der Waals surface area contributed by atoms with Gasteiger partial charge in [0.25, 0.3) is 5.91 Å². The van der Waals surface area contributed by atoms with Crippen molar-refractivity contribution >= 4 is 33.3 Å². The molecule has 126 valence electrons. The maximum atomic E-state index is 12.7. The summed E-state index contributed by atoms with van der Waals surface area (Å²) >= 11 is 3.50. The monoisotopic (exact) mass is 388 g/mol. The molecule has 0 bridgehead atoms. The molecule has 0 spiro atoms. The number of amides is 1. The highest BCUT2D eigenvalue weighted by molar-refractivity contribution is 9.10. The number of aryl methyl sites for hydroxylation is 1. The average Bonchev–Trinajstić information content (AvgIpc) is 2.58. The minimum absolute atomic E-state index is 0.0699. The fourth-order valence-electron chi connectivity index (χ4n) is 2.69. The minimum Gasteiger partial charge on any atom is -0.340 e. The second-order valence-corrected chi connectivity index (χ2v) is 6.97. The van der Waals surface area contributed by atoms with Crippen LogP contribution in [0.3, 0.4) is 0 Å². The van der Waals surface area contributed by atoms with Crippen LogP contribution >= 0.6 is 15.9 Å². The number of nitrogens with one attached hydrogen (secondary N) is 1. The Kier molecular flexibility index (Phi) is 5.16. The van der Waals surface area contributed by atoms with Crippen LogP contribution in [0.5, 0.6) is 0 Å². The number of carbonyl (C=O) groups excluding carboxylic acids is 1. The van der Waals surface area contributed by atoms with Crippen LogP contribution in [0.25, 0.3) is 0 Å². The van der Waals surface area contributed by atoms with E-state index in [1.807, 2.05) is 36.1 Å². The first-order valence-electron chi connectivity index (χ1n) is 8.00. The number of hydrogen-bond acceptors (Lipinski definition) is 4. The Morgan fingerprint density at radius 1 is 1.17 bits per heavy atom. The lowest BCUT2D eigenvalue weighted by atomic mass is 10.2. The van der Waals surface area contributed by atoms with Gasteiger partial charge in [0.05, 0.1) is 0 Å². The largest absolute Gasteiger partial charge is 0.340 e. The fraction of sp³-hybridized carbons (Fsp3) is 0.333. The molecular weight excluding hydrogens is 368 g/mol. The molecule has 1 fully saturated rings. The maximum absolute atomic E-state index is 12.7. The van der Waals surface area contributed by atoms with Crippen LogP contribution in [0.2, 0.25) is 0 Å². The second-order valence-electron chi connectivity index (χ2n) is 6.11. The molecule has 1 aromatic heterocycles. The van der Waals surface area contributed by atoms with E-state index in [0.717, 1.165) is 41.9 Å². The minimum atomic E-state index is 0.0699. The number of rotatable bonds is 3. The molecular formula is C18H21BrN4O. The summed E-state index contributed by atoms with van der Waals surface area (Å²) in [7, 11) is 2.08. The van der Waals surface area contributed by atoms with Crippen molar-refractivity contribution in [2.24, 2.45) is 0 Å². The lowest BCUT2D eigenvalue weighted by Gasteiger charge is -2.32. The number of piperazine rings is 1. The Balaban J connectivity index is 1.73. The van der Waals surface area contributed by atoms with E-state index in [9.17, 15) is 4.79 Å². The topological polar surface area (TPSA) is 48.5 Å². The number of pyridine rings is 1. The van der Waals surface area contributed by atoms with Crippen molar-refractivity contribution in [1.82, 2.24) is 14.8 Å². The molecule has 2 aromatic rings. The normalized spacial score (nSPS) is 15.4. The number of likely N-dealkylation sites (N-methyl/N-ethyl adjacent to an activating group) is 1. The van der Waals surface area contributed by atoms with Gasteiger partial charge in [-0.3, -0.25) is 4.79 Å². The molecule has 1 amide bonds. The van der Waals surface area contributed by atoms with Crippen LogP contribution in [-0.2, 0) is 0 Å². The van der Waals surface area contributed by atoms with E-state index in [4.69, 9.17) is 0 Å². The number of halogens is 1. The van der Waals surface area contributed by atoms with Gasteiger partial charge in [-0.05, 0) is 49.9 Å². The second kappa shape index (κ2) is 7.32. The summed E-state index contributed by atoms with van der Waals surface area (Å²) in [5.74, 6) is 0.747. The Morgan fingerprint density at radius 2 is 1.92 bits per heavy atom. The fourth-order valence-corrected chi connectivity index (χ4v) is 2.94. The highest BCUT2D eigenvalue weighted by Crippen LogP contribution is 2.22. The molecule has 1 N–H and O–H groups in total. The van der Waals surface area contributed by atoms with Gasteiger partial charge >= 0.3 is 0 Å². The van der Waals surface area contributed by atoms with Crippen LogP contribution in [0.1, 0.15) is 15.9 Å². The number of benzene rings is 1. The van der Waals surface area contributed by atoms with Crippen molar-refractivity contribution in [2.45, 2.75) is 6.92 Å². The first kappa shape index (κ1) is 16.9. The van der Waals surface area contributed by atoms with E-state index in [1.54, 1.807) is 12.3 Å². The molecule has 2 heterocycles. The summed E-state index contributed by atoms with van der Waals surface area (Å²) in [6.07, 6.45) is 1.68. The Hall–Kier alpha value is -1.92. The van der Waals surface area contributed by atoms with E-state index >= 15 is 0 Å². The van der Waals surface area contributed by atoms with Crippen LogP contribution in [0.15, 0.2) is 41.0 Å². The Morgan fingerprint density at radius 3 is 2.62 bits per heavy atom. The van der Waals surface area contributed by atoms with Gasteiger partial charge in [-0.2, -0.15) is 0 Å². The Bertz CT molecular complexity index is 742. The van der Waals surface area contributed by atoms with Gasteiger partial charge in [-0.1, -0.05) is 15.9 Å². The van der Waals surface area contributed by atoms with Gasteiger partial charge in [0.2, 0.25) is 0 Å². The number of nitrogens with zero attached hydrogens (tertiary/aromatic N) is 3. The van der Waals surface area contributed by atoms with Crippen molar-refractivity contribution < 1.29 is 4.79 Å². The van der Waals surface area contributed by atoms with Crippen LogP contribution in [0, 0.1) is 6.92 Å². The molecule has 5 nitrogen and oxygen atoms in total. The van der Waals surface area contributed by atoms with E-state index in [2.05, 4.69) is 38.2 Å². The average molecular weight is 389 g/mol. The molecule has 6 heteroatoms. The predicted molar refractivity (Wildman–Crippen MR) is 99.8 cm³/mol. The van der Waals surface area contributed by atoms with Crippen LogP contribution < -0.4 is 5.32 Å². The van der Waals surface area contributed by atoms with E-state index in [0.29, 0.717) is 11.4 Å². The quantitative estimate of drug-likeness (QED) is 0.876. The third-order valence-electron chi connectivity index (χ3n) is 4.23. The molecule has 24 heavy (non-hydrogen) atoms. The molecule has 0 radical (unpaired) electrons. The first-order valence-corrected chi connectivity index (χ1v) is 8.79. The molecule has 1 saturated heterocycles. The van der Waals surface area contributed by atoms with Gasteiger partial charge in [0.15, 0.2) is 0 Å². The van der Waals surface area contributed by atoms with Crippen molar-refractivity contribution in [3.8, 4) is 0 Å². The van der Waals surface area contributed by atoms with Crippen LogP contribution in [-0.4, -0.2) is 53.9 Å². The summed E-state index contributed by atoms with van der Waals surface area (Å²) in [5.41, 5.74) is 2.77. The van der Waals surface area contributed by atoms with Gasteiger partial charge in [0, 0.05) is 48.1 Å². The molecule has 1 aliphatic heterocycles. The third-order valence-corrected chi connectivity index (χ3v) is 5.12. The van der Waals surface area contributed by atoms with Gasteiger partial charge in [-0.15, -0.1) is 0 Å². The number of carbonyl (C=O) groups is 1. The molecule has 0 atom stereocenters. The molecule has 3 rings (SSSR count). The zero-order chi connectivity index (χ0) is 17.1. The maximum Gasteiger partial charge on any atom is 0.254 e. The molecule has 1 aliphatic rings. The standard InChI is InChI=1S/C18H21BrN4O/c1-13-11-15(3-4-16(13)19)21-17-12-14(5-6-20-17)18(24)23-9-7-22(2)8-10-23/h3-6,11-12H,7-10H2,1-2H3,(H,20,21). The zero-order valence-corrected chi connectivity index (χ0v) is 15.5. The smallest absolute Gasteiger partial charge is 0.254 e. The SMILES string of the molecule is Cc1cc(Nc2cc(C(=O)N3CCN(C)CC3)ccn2)ccc1Br. The number of anilines is 2. The first-order chi connectivity index (χ1) is 11.5. The van der Waals surface area contributed by atoms with E-state index < -0.39 is 0 Å². The van der Waals surface area contributed by atoms with Crippen molar-refractivity contribution in [3.63, 3.8) is 0 Å². The van der Waals surface area contributed by atoms with E-state index in [1.165, 1.54) is 0 Å². The summed E-state index contributed by atoms with van der Waals surface area (Å²) in [6, 6.07) is 9.61. The van der Waals surface area contributed by atoms with E-state index in [-0.39, 0.29) is 5.91 Å². The van der Waals surface area contributed by atoms with Gasteiger partial charge in [0.1, 0.15) is 5.82 Å². The van der Waals surface area contributed by atoms with Crippen LogP contribution in [0.4, 0.5) is 11.5 Å². The Labute approximate surface area is 150 Å². The van der Waals surface area contributed by atoms with Crippen molar-refractivity contribution in [2.75, 3.05) is 38.5 Å². The highest BCUT2D eigenvalue weighted by atomic mass is 79.9. The highest BCUT2D eigenvalue weighted by Gasteiger charge is 2.20. The molecule has 0 unspecified atom stereocenters. The summed E-state index contributed by atoms with van der Waals surface area (Å²) in [4.78, 5) is 21.1. The third kappa shape index (κ3) is 3.94. The molecule has 0 aliphatic carbocycles. The zero-order valence-electron chi connectivity index (χ0n) is 13.9. The van der Waals surface area contributed by atoms with Gasteiger partial charge < -0.3 is 15.1 Å². The lowest BCUT2D eigenvalue weighted by Crippen LogP contribution is -2.47. The lowest BCUT2D eigenvalue weighted by molar-refractivity contribution is 0.0664. The summed E-state index contributed by atoms with van der Waals surface area (Å²) < 4.78 is 1.07.